The standard InChI is InChI=1S/C22H43N/c1-4-7-10-13-14-15-16-19-22-23(20-17-11-8-5-2)21-18-12-9-6-3/h4-18,20-21H2,1-3H3. The zero-order valence-corrected chi connectivity index (χ0v) is 16.5. The zero-order chi connectivity index (χ0) is 17.0. The molecule has 23 heavy (non-hydrogen) atoms. The second kappa shape index (κ2) is 19.4. The first kappa shape index (κ1) is 22.4. The average Bonchev–Trinajstić information content (AvgIpc) is 2.57. The maximum atomic E-state index is 3.46. The molecule has 0 aromatic carbocycles. The van der Waals surface area contributed by atoms with Gasteiger partial charge in [0.15, 0.2) is 0 Å². The molecule has 0 aliphatic rings. The van der Waals surface area contributed by atoms with Crippen molar-refractivity contribution >= 4 is 0 Å². The summed E-state index contributed by atoms with van der Waals surface area (Å²) in [5.41, 5.74) is 0. The molecule has 0 N–H and O–H groups in total. The lowest BCUT2D eigenvalue weighted by atomic mass is 10.1. The molecule has 0 aromatic rings. The lowest BCUT2D eigenvalue weighted by Gasteiger charge is -2.17. The minimum Gasteiger partial charge on any atom is -0.333 e. The summed E-state index contributed by atoms with van der Waals surface area (Å²) in [7, 11) is 0. The Morgan fingerprint density at radius 2 is 0.957 bits per heavy atom. The minimum absolute atomic E-state index is 1.09. The van der Waals surface area contributed by atoms with Crippen LogP contribution in [0.5, 0.6) is 0 Å². The highest BCUT2D eigenvalue weighted by Gasteiger charge is 1.99. The maximum absolute atomic E-state index is 3.46. The van der Waals surface area contributed by atoms with Gasteiger partial charge in [-0.2, -0.15) is 0 Å². The molecule has 0 aliphatic heterocycles. The molecule has 136 valence electrons. The Hall–Kier alpha value is -0.640. The highest BCUT2D eigenvalue weighted by molar-refractivity contribution is 4.98. The molecule has 1 heteroatoms. The molecule has 0 aliphatic carbocycles. The maximum Gasteiger partial charge on any atom is 0.0260 e. The molecule has 0 saturated heterocycles. The molecular weight excluding hydrogens is 278 g/mol. The molecule has 0 radical (unpaired) electrons. The van der Waals surface area contributed by atoms with E-state index in [0.29, 0.717) is 0 Å². The van der Waals surface area contributed by atoms with Gasteiger partial charge in [0, 0.05) is 25.6 Å². The van der Waals surface area contributed by atoms with Gasteiger partial charge in [0.05, 0.1) is 0 Å². The van der Waals surface area contributed by atoms with E-state index in [9.17, 15) is 0 Å². The molecule has 0 saturated carbocycles. The molecular formula is C22H43N. The fourth-order valence-corrected chi connectivity index (χ4v) is 2.84. The van der Waals surface area contributed by atoms with E-state index in [1.54, 1.807) is 0 Å². The zero-order valence-electron chi connectivity index (χ0n) is 16.5. The Morgan fingerprint density at radius 3 is 1.48 bits per heavy atom. The number of unbranched alkanes of at least 4 members (excludes halogenated alkanes) is 12. The van der Waals surface area contributed by atoms with Crippen LogP contribution in [0.4, 0.5) is 0 Å². The van der Waals surface area contributed by atoms with Crippen LogP contribution in [0.3, 0.4) is 0 Å². The predicted molar refractivity (Wildman–Crippen MR) is 106 cm³/mol. The van der Waals surface area contributed by atoms with Gasteiger partial charge in [-0.05, 0) is 19.3 Å². The van der Waals surface area contributed by atoms with Gasteiger partial charge in [-0.25, -0.2) is 0 Å². The minimum atomic E-state index is 1.09. The van der Waals surface area contributed by atoms with E-state index in [1.165, 1.54) is 103 Å². The Kier molecular flexibility index (Phi) is 18.9. The van der Waals surface area contributed by atoms with Crippen molar-refractivity contribution in [1.29, 1.82) is 0 Å². The Balaban J connectivity index is 3.86. The van der Waals surface area contributed by atoms with E-state index in [4.69, 9.17) is 0 Å². The SMILES string of the molecule is CCCCCCCCC#CN(CCCCCC)CCCCCC. The molecule has 0 amide bonds. The first-order valence-electron chi connectivity index (χ1n) is 10.6. The van der Waals surface area contributed by atoms with Crippen LogP contribution < -0.4 is 0 Å². The van der Waals surface area contributed by atoms with E-state index in [1.807, 2.05) is 0 Å². The van der Waals surface area contributed by atoms with Gasteiger partial charge < -0.3 is 4.90 Å². The van der Waals surface area contributed by atoms with Crippen LogP contribution in [0.15, 0.2) is 0 Å². The van der Waals surface area contributed by atoms with Gasteiger partial charge >= 0.3 is 0 Å². The monoisotopic (exact) mass is 321 g/mol. The molecule has 0 unspecified atom stereocenters. The van der Waals surface area contributed by atoms with Gasteiger partial charge in [0.25, 0.3) is 0 Å². The quantitative estimate of drug-likeness (QED) is 0.165. The molecule has 0 aromatic heterocycles. The summed E-state index contributed by atoms with van der Waals surface area (Å²) in [4.78, 5) is 2.41. The number of hydrogen-bond donors (Lipinski definition) is 0. The molecule has 0 spiro atoms. The van der Waals surface area contributed by atoms with Crippen LogP contribution in [0.1, 0.15) is 117 Å². The summed E-state index contributed by atoms with van der Waals surface area (Å²) in [6.45, 7) is 9.19. The van der Waals surface area contributed by atoms with Crippen LogP contribution in [-0.2, 0) is 0 Å². The predicted octanol–water partition coefficient (Wildman–Crippen LogP) is 7.16. The molecule has 0 heterocycles. The number of rotatable bonds is 16. The van der Waals surface area contributed by atoms with Crippen LogP contribution in [0.2, 0.25) is 0 Å². The van der Waals surface area contributed by atoms with Gasteiger partial charge in [-0.15, -0.1) is 0 Å². The smallest absolute Gasteiger partial charge is 0.0260 e. The van der Waals surface area contributed by atoms with Crippen molar-refractivity contribution in [3.8, 4) is 12.0 Å². The largest absolute Gasteiger partial charge is 0.333 e. The van der Waals surface area contributed by atoms with Crippen molar-refractivity contribution in [2.45, 2.75) is 117 Å². The molecule has 1 nitrogen and oxygen atoms in total. The Labute approximate surface area is 147 Å². The third-order valence-corrected chi connectivity index (χ3v) is 4.46. The molecule has 0 rings (SSSR count). The highest BCUT2D eigenvalue weighted by Crippen LogP contribution is 2.07. The average molecular weight is 322 g/mol. The van der Waals surface area contributed by atoms with Gasteiger partial charge in [-0.1, -0.05) is 97.3 Å². The molecule has 0 bridgehead atoms. The second-order valence-electron chi connectivity index (χ2n) is 6.91. The van der Waals surface area contributed by atoms with E-state index in [0.717, 1.165) is 6.42 Å². The summed E-state index contributed by atoms with van der Waals surface area (Å²) in [6.07, 6.45) is 20.0. The Morgan fingerprint density at radius 1 is 0.522 bits per heavy atom. The van der Waals surface area contributed by atoms with Gasteiger partial charge in [0.2, 0.25) is 0 Å². The third-order valence-electron chi connectivity index (χ3n) is 4.46. The van der Waals surface area contributed by atoms with Crippen LogP contribution in [-0.4, -0.2) is 18.0 Å². The lowest BCUT2D eigenvalue weighted by Crippen LogP contribution is -2.20. The van der Waals surface area contributed by atoms with Crippen molar-refractivity contribution in [2.75, 3.05) is 13.1 Å². The summed E-state index contributed by atoms with van der Waals surface area (Å²) in [6, 6.07) is 3.46. The third kappa shape index (κ3) is 17.5. The molecule has 0 fully saturated rings. The van der Waals surface area contributed by atoms with E-state index < -0.39 is 0 Å². The van der Waals surface area contributed by atoms with Crippen molar-refractivity contribution in [1.82, 2.24) is 4.90 Å². The summed E-state index contributed by atoms with van der Waals surface area (Å²) in [5.74, 6) is 3.43. The summed E-state index contributed by atoms with van der Waals surface area (Å²) in [5, 5.41) is 0. The molecule has 0 atom stereocenters. The lowest BCUT2D eigenvalue weighted by molar-refractivity contribution is 0.369. The second-order valence-corrected chi connectivity index (χ2v) is 6.91. The van der Waals surface area contributed by atoms with Crippen molar-refractivity contribution in [3.63, 3.8) is 0 Å². The van der Waals surface area contributed by atoms with Crippen molar-refractivity contribution < 1.29 is 0 Å². The van der Waals surface area contributed by atoms with Crippen molar-refractivity contribution in [3.05, 3.63) is 0 Å². The first-order valence-corrected chi connectivity index (χ1v) is 10.6. The Bertz CT molecular complexity index is 261. The fourth-order valence-electron chi connectivity index (χ4n) is 2.84. The van der Waals surface area contributed by atoms with E-state index >= 15 is 0 Å². The van der Waals surface area contributed by atoms with Crippen molar-refractivity contribution in [2.24, 2.45) is 0 Å². The summed E-state index contributed by atoms with van der Waals surface area (Å²) < 4.78 is 0. The normalized spacial score (nSPS) is 10.4. The number of hydrogen-bond acceptors (Lipinski definition) is 1. The van der Waals surface area contributed by atoms with Crippen LogP contribution >= 0.6 is 0 Å². The van der Waals surface area contributed by atoms with Gasteiger partial charge in [-0.3, -0.25) is 0 Å². The van der Waals surface area contributed by atoms with Crippen LogP contribution in [0, 0.1) is 12.0 Å². The van der Waals surface area contributed by atoms with E-state index in [-0.39, 0.29) is 0 Å². The highest BCUT2D eigenvalue weighted by atomic mass is 15.1. The topological polar surface area (TPSA) is 3.24 Å². The number of nitrogens with zero attached hydrogens (tertiary/aromatic N) is 1. The van der Waals surface area contributed by atoms with Crippen LogP contribution in [0.25, 0.3) is 0 Å². The van der Waals surface area contributed by atoms with E-state index in [2.05, 4.69) is 37.6 Å². The summed E-state index contributed by atoms with van der Waals surface area (Å²) >= 11 is 0. The first-order chi connectivity index (χ1) is 11.3. The van der Waals surface area contributed by atoms with Gasteiger partial charge in [0.1, 0.15) is 0 Å². The fraction of sp³-hybridized carbons (Fsp3) is 0.909.